The number of imide groups is 1. The third-order valence-corrected chi connectivity index (χ3v) is 12.6. The summed E-state index contributed by atoms with van der Waals surface area (Å²) in [5, 5.41) is 2.27. The minimum Gasteiger partial charge on any atom is -0.496 e. The fourth-order valence-corrected chi connectivity index (χ4v) is 10.8. The maximum Gasteiger partial charge on any atom is 0.254 e. The number of methoxy groups -OCH3 is 9. The molecule has 1 saturated heterocycles. The van der Waals surface area contributed by atoms with Crippen molar-refractivity contribution >= 4 is 35.0 Å². The number of amides is 2. The van der Waals surface area contributed by atoms with Crippen LogP contribution in [0.5, 0.6) is 51.7 Å². The van der Waals surface area contributed by atoms with Crippen molar-refractivity contribution in [1.29, 1.82) is 0 Å². The lowest BCUT2D eigenvalue weighted by molar-refractivity contribution is -0.190. The normalized spacial score (nSPS) is 13.6. The Bertz CT molecular complexity index is 1380. The van der Waals surface area contributed by atoms with Crippen LogP contribution in [-0.4, -0.2) is 86.7 Å². The minimum absolute atomic E-state index is 0.0104. The maximum atomic E-state index is 13.0. The molecule has 0 aliphatic carbocycles. The van der Waals surface area contributed by atoms with Crippen LogP contribution < -0.4 is 58.5 Å². The molecule has 0 aromatic heterocycles. The van der Waals surface area contributed by atoms with E-state index in [1.165, 1.54) is 64.0 Å². The first-order valence-corrected chi connectivity index (χ1v) is 16.3. The van der Waals surface area contributed by atoms with Gasteiger partial charge in [-0.3, -0.25) is 9.59 Å². The van der Waals surface area contributed by atoms with Gasteiger partial charge in [0, 0.05) is 56.2 Å². The maximum absolute atomic E-state index is 13.0. The number of ether oxygens (including phenoxy) is 9. The molecular formula is C33H41NO12P+. The lowest BCUT2D eigenvalue weighted by Crippen LogP contribution is -2.45. The van der Waals surface area contributed by atoms with E-state index in [4.69, 9.17) is 47.5 Å². The van der Waals surface area contributed by atoms with Crippen molar-refractivity contribution in [1.82, 2.24) is 5.06 Å². The smallest absolute Gasteiger partial charge is 0.254 e. The fraction of sp³-hybridized carbons (Fsp3) is 0.394. The SMILES string of the molecule is COc1cc(OC)c([P+](c2c(OC)cc(OC)cc2OC)(c2c(OC)cc(OC)cc2OC)C(C)ON2C(=O)CCC2=O)c(OC)c1. The first kappa shape index (κ1) is 35.2. The van der Waals surface area contributed by atoms with E-state index >= 15 is 0 Å². The summed E-state index contributed by atoms with van der Waals surface area (Å²) in [6.45, 7) is 1.75. The molecule has 1 unspecified atom stereocenters. The van der Waals surface area contributed by atoms with Crippen LogP contribution in [0, 0.1) is 0 Å². The van der Waals surface area contributed by atoms with Crippen LogP contribution in [0.4, 0.5) is 0 Å². The molecule has 3 aromatic carbocycles. The van der Waals surface area contributed by atoms with Crippen molar-refractivity contribution in [3.63, 3.8) is 0 Å². The zero-order valence-electron chi connectivity index (χ0n) is 28.2. The monoisotopic (exact) mass is 674 g/mol. The van der Waals surface area contributed by atoms with E-state index < -0.39 is 24.9 Å². The Morgan fingerprint density at radius 1 is 0.489 bits per heavy atom. The van der Waals surface area contributed by atoms with Crippen LogP contribution in [0.25, 0.3) is 0 Å². The lowest BCUT2D eigenvalue weighted by Gasteiger charge is -2.37. The first-order chi connectivity index (χ1) is 22.6. The molecule has 4 rings (SSSR count). The highest BCUT2D eigenvalue weighted by atomic mass is 31.2. The molecule has 1 aliphatic heterocycles. The summed E-state index contributed by atoms with van der Waals surface area (Å²) in [5.41, 5.74) is 0. The number of hydrogen-bond donors (Lipinski definition) is 0. The molecule has 0 saturated carbocycles. The zero-order chi connectivity index (χ0) is 34.5. The molecule has 0 bridgehead atoms. The van der Waals surface area contributed by atoms with Gasteiger partial charge in [0.15, 0.2) is 57.7 Å². The minimum atomic E-state index is -3.65. The summed E-state index contributed by atoms with van der Waals surface area (Å²) in [6.07, 6.45) is 0.0209. The van der Waals surface area contributed by atoms with Crippen LogP contribution in [0.1, 0.15) is 19.8 Å². The van der Waals surface area contributed by atoms with Gasteiger partial charge in [0.25, 0.3) is 11.8 Å². The first-order valence-electron chi connectivity index (χ1n) is 14.5. The largest absolute Gasteiger partial charge is 0.496 e. The summed E-state index contributed by atoms with van der Waals surface area (Å²) < 4.78 is 53.3. The highest BCUT2D eigenvalue weighted by molar-refractivity contribution is 7.97. The van der Waals surface area contributed by atoms with Crippen molar-refractivity contribution in [3.05, 3.63) is 36.4 Å². The second-order valence-electron chi connectivity index (χ2n) is 10.2. The molecule has 1 aliphatic rings. The Labute approximate surface area is 274 Å². The average Bonchev–Trinajstić information content (AvgIpc) is 3.43. The molecule has 3 aromatic rings. The Kier molecular flexibility index (Phi) is 11.2. The number of benzene rings is 3. The third kappa shape index (κ3) is 6.13. The van der Waals surface area contributed by atoms with E-state index in [1.807, 2.05) is 0 Å². The number of carbonyl (C=O) groups is 2. The average molecular weight is 675 g/mol. The second-order valence-corrected chi connectivity index (χ2v) is 13.7. The summed E-state index contributed by atoms with van der Waals surface area (Å²) in [4.78, 5) is 32.6. The van der Waals surface area contributed by atoms with Crippen molar-refractivity contribution in [2.75, 3.05) is 64.0 Å². The van der Waals surface area contributed by atoms with Crippen LogP contribution >= 0.6 is 7.26 Å². The summed E-state index contributed by atoms with van der Waals surface area (Å²) in [7, 11) is 9.99. The Morgan fingerprint density at radius 3 is 0.957 bits per heavy atom. The molecular weight excluding hydrogens is 633 g/mol. The van der Waals surface area contributed by atoms with Crippen LogP contribution in [0.2, 0.25) is 0 Å². The number of carbonyl (C=O) groups excluding carboxylic acids is 2. The molecule has 47 heavy (non-hydrogen) atoms. The Hall–Kier alpha value is -4.61. The molecule has 14 heteroatoms. The summed E-state index contributed by atoms with van der Waals surface area (Å²) in [6, 6.07) is 10.2. The van der Waals surface area contributed by atoms with Gasteiger partial charge in [-0.25, -0.2) is 4.84 Å². The highest BCUT2D eigenvalue weighted by Gasteiger charge is 2.63. The van der Waals surface area contributed by atoms with Gasteiger partial charge in [0.1, 0.15) is 17.2 Å². The van der Waals surface area contributed by atoms with Crippen molar-refractivity contribution in [2.24, 2.45) is 0 Å². The number of nitrogens with zero attached hydrogens (tertiary/aromatic N) is 1. The van der Waals surface area contributed by atoms with E-state index in [-0.39, 0.29) is 12.8 Å². The number of hydroxylamine groups is 2. The van der Waals surface area contributed by atoms with E-state index in [1.54, 1.807) is 43.3 Å². The highest BCUT2D eigenvalue weighted by Crippen LogP contribution is 2.69. The van der Waals surface area contributed by atoms with Gasteiger partial charge in [-0.2, -0.15) is 0 Å². The zero-order valence-corrected chi connectivity index (χ0v) is 29.1. The molecule has 1 atom stereocenters. The lowest BCUT2D eigenvalue weighted by atomic mass is 10.3. The van der Waals surface area contributed by atoms with Gasteiger partial charge in [0.05, 0.1) is 64.0 Å². The van der Waals surface area contributed by atoms with Gasteiger partial charge >= 0.3 is 0 Å². The molecule has 1 heterocycles. The van der Waals surface area contributed by atoms with E-state index in [0.29, 0.717) is 67.7 Å². The van der Waals surface area contributed by atoms with Crippen LogP contribution in [-0.2, 0) is 14.4 Å². The van der Waals surface area contributed by atoms with Gasteiger partial charge in [-0.05, 0) is 0 Å². The van der Waals surface area contributed by atoms with Crippen LogP contribution in [0.15, 0.2) is 36.4 Å². The van der Waals surface area contributed by atoms with E-state index in [9.17, 15) is 9.59 Å². The van der Waals surface area contributed by atoms with E-state index in [2.05, 4.69) is 0 Å². The predicted octanol–water partition coefficient (Wildman–Crippen LogP) is 3.48. The number of rotatable bonds is 15. The molecule has 0 spiro atoms. The quantitative estimate of drug-likeness (QED) is 0.173. The summed E-state index contributed by atoms with van der Waals surface area (Å²) >= 11 is 0. The van der Waals surface area contributed by atoms with Crippen LogP contribution in [0.3, 0.4) is 0 Å². The van der Waals surface area contributed by atoms with Gasteiger partial charge < -0.3 is 42.6 Å². The molecule has 0 radical (unpaired) electrons. The molecule has 13 nitrogen and oxygen atoms in total. The summed E-state index contributed by atoms with van der Waals surface area (Å²) in [5.74, 6) is 1.36. The number of hydrogen-bond acceptors (Lipinski definition) is 12. The predicted molar refractivity (Wildman–Crippen MR) is 176 cm³/mol. The fourth-order valence-electron chi connectivity index (χ4n) is 5.78. The second kappa shape index (κ2) is 14.9. The molecule has 254 valence electrons. The Morgan fingerprint density at radius 2 is 0.745 bits per heavy atom. The van der Waals surface area contributed by atoms with Crippen molar-refractivity contribution < 1.29 is 57.1 Å². The van der Waals surface area contributed by atoms with E-state index in [0.717, 1.165) is 5.06 Å². The molecule has 2 amide bonds. The van der Waals surface area contributed by atoms with Gasteiger partial charge in [-0.15, -0.1) is 5.06 Å². The standard InChI is InChI=1S/C33H41NO12P/c1-19(46-34-29(35)11-12-30(34)36)47(31-23(40-5)13-20(37-2)14-24(31)41-6,32-25(42-7)15-21(38-3)16-26(32)43-8)33-27(44-9)17-22(39-4)18-28(33)45-10/h13-19H,11-12H2,1-10H3/q+1. The topological polar surface area (TPSA) is 130 Å². The van der Waals surface area contributed by atoms with Crippen molar-refractivity contribution in [2.45, 2.75) is 25.6 Å². The van der Waals surface area contributed by atoms with Gasteiger partial charge in [-0.1, -0.05) is 0 Å². The molecule has 1 fully saturated rings. The van der Waals surface area contributed by atoms with Crippen molar-refractivity contribution in [3.8, 4) is 51.7 Å². The Balaban J connectivity index is 2.39. The third-order valence-electron chi connectivity index (χ3n) is 7.93. The van der Waals surface area contributed by atoms with Gasteiger partial charge in [0.2, 0.25) is 5.85 Å². The molecule has 0 N–H and O–H groups in total.